The Morgan fingerprint density at radius 2 is 1.82 bits per heavy atom. The number of amides is 4. The summed E-state index contributed by atoms with van der Waals surface area (Å²) < 4.78 is 7.52. The molecule has 0 radical (unpaired) electrons. The first kappa shape index (κ1) is 19.2. The molecule has 1 fully saturated rings. The summed E-state index contributed by atoms with van der Waals surface area (Å²) in [5, 5.41) is 2.16. The number of nitrogens with one attached hydrogen (secondary N) is 1. The molecule has 7 nitrogen and oxygen atoms in total. The van der Waals surface area contributed by atoms with Gasteiger partial charge in [-0.25, -0.2) is 4.79 Å². The molecule has 1 N–H and O–H groups in total. The lowest BCUT2D eigenvalue weighted by Crippen LogP contribution is -2.52. The number of nitrogens with zero attached hydrogens (tertiary/aromatic N) is 2. The number of imide groups is 2. The first-order chi connectivity index (χ1) is 13.3. The van der Waals surface area contributed by atoms with Gasteiger partial charge in [0.2, 0.25) is 0 Å². The zero-order chi connectivity index (χ0) is 20.4. The van der Waals surface area contributed by atoms with Crippen molar-refractivity contribution in [3.63, 3.8) is 0 Å². The Morgan fingerprint density at radius 3 is 2.46 bits per heavy atom. The summed E-state index contributed by atoms with van der Waals surface area (Å²) in [6.07, 6.45) is 3.20. The third kappa shape index (κ3) is 3.46. The Kier molecular flexibility index (Phi) is 5.17. The number of aromatic nitrogens is 1. The Morgan fingerprint density at radius 1 is 1.14 bits per heavy atom. The van der Waals surface area contributed by atoms with Crippen LogP contribution in [0.1, 0.15) is 17.0 Å². The number of carbonyl (C=O) groups is 3. The van der Waals surface area contributed by atoms with Crippen LogP contribution in [0.25, 0.3) is 11.8 Å². The normalized spacial score (nSPS) is 15.8. The van der Waals surface area contributed by atoms with Crippen molar-refractivity contribution in [2.45, 2.75) is 13.8 Å². The van der Waals surface area contributed by atoms with E-state index >= 15 is 0 Å². The lowest BCUT2D eigenvalue weighted by molar-refractivity contribution is -0.129. The number of rotatable bonds is 5. The maximum atomic E-state index is 12.3. The van der Waals surface area contributed by atoms with Crippen LogP contribution in [0.2, 0.25) is 0 Å². The van der Waals surface area contributed by atoms with Gasteiger partial charge in [-0.2, -0.15) is 0 Å². The summed E-state index contributed by atoms with van der Waals surface area (Å²) in [5.74, 6) is -0.575. The van der Waals surface area contributed by atoms with Gasteiger partial charge in [-0.1, -0.05) is 12.7 Å². The van der Waals surface area contributed by atoms with E-state index < -0.39 is 17.8 Å². The molecule has 0 unspecified atom stereocenters. The van der Waals surface area contributed by atoms with Gasteiger partial charge in [0.1, 0.15) is 17.9 Å². The standard InChI is InChI=1S/C21H21N3O4/c1-5-10-28-17-8-6-16(7-9-17)24-13(2)11-15(14(24)3)12-18-19(25)22-21(27)23(4)20(18)26/h5-9,11-12H,1,10H2,2-4H3,(H,22,25,27)/b18-12-. The van der Waals surface area contributed by atoms with E-state index in [1.165, 1.54) is 13.1 Å². The van der Waals surface area contributed by atoms with E-state index in [2.05, 4.69) is 11.9 Å². The molecule has 28 heavy (non-hydrogen) atoms. The minimum atomic E-state index is -0.726. The summed E-state index contributed by atoms with van der Waals surface area (Å²) in [5.41, 5.74) is 3.39. The molecule has 2 aromatic rings. The molecule has 144 valence electrons. The van der Waals surface area contributed by atoms with Crippen LogP contribution in [0.4, 0.5) is 4.79 Å². The molecule has 4 amide bonds. The minimum absolute atomic E-state index is 0.0736. The van der Waals surface area contributed by atoms with E-state index in [1.54, 1.807) is 6.08 Å². The van der Waals surface area contributed by atoms with Gasteiger partial charge in [-0.15, -0.1) is 0 Å². The minimum Gasteiger partial charge on any atom is -0.490 e. The number of likely N-dealkylation sites (N-methyl/N-ethyl adjacent to an activating group) is 1. The molecule has 2 heterocycles. The van der Waals surface area contributed by atoms with Crippen LogP contribution in [0.15, 0.2) is 48.6 Å². The van der Waals surface area contributed by atoms with Crippen molar-refractivity contribution in [3.05, 3.63) is 65.5 Å². The van der Waals surface area contributed by atoms with E-state index in [0.717, 1.165) is 33.3 Å². The number of hydrogen-bond acceptors (Lipinski definition) is 4. The highest BCUT2D eigenvalue weighted by Gasteiger charge is 2.33. The van der Waals surface area contributed by atoms with Crippen molar-refractivity contribution in [1.29, 1.82) is 0 Å². The molecular formula is C21H21N3O4. The highest BCUT2D eigenvalue weighted by molar-refractivity contribution is 6.30. The number of hydrogen-bond donors (Lipinski definition) is 1. The summed E-state index contributed by atoms with van der Waals surface area (Å²) in [4.78, 5) is 36.8. The Balaban J connectivity index is 1.96. The van der Waals surface area contributed by atoms with E-state index in [1.807, 2.05) is 48.7 Å². The van der Waals surface area contributed by atoms with Gasteiger partial charge in [-0.3, -0.25) is 19.8 Å². The molecule has 1 aromatic carbocycles. The molecule has 0 aliphatic carbocycles. The predicted octanol–water partition coefficient (Wildman–Crippen LogP) is 2.75. The predicted molar refractivity (Wildman–Crippen MR) is 105 cm³/mol. The second-order valence-corrected chi connectivity index (χ2v) is 6.44. The summed E-state index contributed by atoms with van der Waals surface area (Å²) in [7, 11) is 1.33. The van der Waals surface area contributed by atoms with Crippen LogP contribution in [-0.4, -0.2) is 41.0 Å². The first-order valence-electron chi connectivity index (χ1n) is 8.71. The van der Waals surface area contributed by atoms with Gasteiger partial charge in [-0.05, 0) is 55.8 Å². The van der Waals surface area contributed by atoms with Gasteiger partial charge in [0.25, 0.3) is 11.8 Å². The molecule has 0 saturated carbocycles. The zero-order valence-corrected chi connectivity index (χ0v) is 16.0. The molecular weight excluding hydrogens is 358 g/mol. The van der Waals surface area contributed by atoms with Crippen LogP contribution in [0.3, 0.4) is 0 Å². The van der Waals surface area contributed by atoms with Gasteiger partial charge in [0.15, 0.2) is 0 Å². The van der Waals surface area contributed by atoms with Crippen molar-refractivity contribution in [1.82, 2.24) is 14.8 Å². The monoisotopic (exact) mass is 379 g/mol. The fourth-order valence-electron chi connectivity index (χ4n) is 3.08. The first-order valence-corrected chi connectivity index (χ1v) is 8.71. The fraction of sp³-hybridized carbons (Fsp3) is 0.190. The number of ether oxygens (including phenoxy) is 1. The van der Waals surface area contributed by atoms with Crippen molar-refractivity contribution in [2.75, 3.05) is 13.7 Å². The summed E-state index contributed by atoms with van der Waals surface area (Å²) in [6, 6.07) is 8.77. The van der Waals surface area contributed by atoms with Gasteiger partial charge in [0, 0.05) is 24.1 Å². The number of benzene rings is 1. The van der Waals surface area contributed by atoms with Crippen LogP contribution < -0.4 is 10.1 Å². The van der Waals surface area contributed by atoms with Crippen molar-refractivity contribution in [3.8, 4) is 11.4 Å². The molecule has 7 heteroatoms. The highest BCUT2D eigenvalue weighted by atomic mass is 16.5. The summed E-state index contributed by atoms with van der Waals surface area (Å²) >= 11 is 0. The molecule has 1 aromatic heterocycles. The van der Waals surface area contributed by atoms with E-state index in [0.29, 0.717) is 6.61 Å². The topological polar surface area (TPSA) is 80.6 Å². The average molecular weight is 379 g/mol. The maximum absolute atomic E-state index is 12.3. The van der Waals surface area contributed by atoms with Crippen molar-refractivity contribution < 1.29 is 19.1 Å². The number of barbiturate groups is 1. The molecule has 0 bridgehead atoms. The van der Waals surface area contributed by atoms with Crippen LogP contribution in [0, 0.1) is 13.8 Å². The lowest BCUT2D eigenvalue weighted by Gasteiger charge is -2.22. The Hall–Kier alpha value is -3.61. The summed E-state index contributed by atoms with van der Waals surface area (Å²) in [6.45, 7) is 7.91. The van der Waals surface area contributed by atoms with Gasteiger partial charge >= 0.3 is 6.03 Å². The Bertz CT molecular complexity index is 999. The number of urea groups is 1. The molecule has 1 aliphatic heterocycles. The SMILES string of the molecule is C=CCOc1ccc(-n2c(C)cc(/C=C3/C(=O)NC(=O)N(C)C3=O)c2C)cc1. The average Bonchev–Trinajstić information content (AvgIpc) is 2.95. The van der Waals surface area contributed by atoms with E-state index in [9.17, 15) is 14.4 Å². The third-order valence-corrected chi connectivity index (χ3v) is 4.54. The second kappa shape index (κ2) is 7.56. The third-order valence-electron chi connectivity index (χ3n) is 4.54. The largest absolute Gasteiger partial charge is 0.490 e. The highest BCUT2D eigenvalue weighted by Crippen LogP contribution is 2.25. The zero-order valence-electron chi connectivity index (χ0n) is 16.0. The van der Waals surface area contributed by atoms with Gasteiger partial charge < -0.3 is 9.30 Å². The number of carbonyl (C=O) groups excluding carboxylic acids is 3. The van der Waals surface area contributed by atoms with E-state index in [4.69, 9.17) is 4.74 Å². The Labute approximate surface area is 162 Å². The number of aryl methyl sites for hydroxylation is 1. The smallest absolute Gasteiger partial charge is 0.331 e. The van der Waals surface area contributed by atoms with Crippen molar-refractivity contribution in [2.24, 2.45) is 0 Å². The molecule has 0 atom stereocenters. The van der Waals surface area contributed by atoms with Crippen LogP contribution in [0.5, 0.6) is 5.75 Å². The van der Waals surface area contributed by atoms with Gasteiger partial charge in [0.05, 0.1) is 0 Å². The lowest BCUT2D eigenvalue weighted by atomic mass is 10.1. The molecule has 1 saturated heterocycles. The maximum Gasteiger partial charge on any atom is 0.331 e. The fourth-order valence-corrected chi connectivity index (χ4v) is 3.08. The van der Waals surface area contributed by atoms with Crippen molar-refractivity contribution >= 4 is 23.9 Å². The molecule has 3 rings (SSSR count). The van der Waals surface area contributed by atoms with Crippen LogP contribution in [-0.2, 0) is 9.59 Å². The molecule has 1 aliphatic rings. The quantitative estimate of drug-likeness (QED) is 0.492. The van der Waals surface area contributed by atoms with Crippen LogP contribution >= 0.6 is 0 Å². The van der Waals surface area contributed by atoms with E-state index in [-0.39, 0.29) is 5.57 Å². The second-order valence-electron chi connectivity index (χ2n) is 6.44. The molecule has 0 spiro atoms.